The number of nitriles is 1. The average molecular weight is 188 g/mol. The van der Waals surface area contributed by atoms with Gasteiger partial charge in [0, 0.05) is 7.05 Å². The van der Waals surface area contributed by atoms with Gasteiger partial charge in [0.1, 0.15) is 11.9 Å². The minimum atomic E-state index is 0.221. The van der Waals surface area contributed by atoms with Gasteiger partial charge in [-0.05, 0) is 12.1 Å². The van der Waals surface area contributed by atoms with Crippen molar-refractivity contribution in [3.8, 4) is 17.7 Å². The quantitative estimate of drug-likeness (QED) is 0.727. The van der Waals surface area contributed by atoms with Gasteiger partial charge >= 0.3 is 0 Å². The normalized spacial score (nSPS) is 10.0. The number of imidazole rings is 1. The minimum absolute atomic E-state index is 0.221. The Morgan fingerprint density at radius 3 is 2.93 bits per heavy atom. The molecule has 0 amide bonds. The molecule has 0 aliphatic carbocycles. The molecule has 14 heavy (non-hydrogen) atoms. The van der Waals surface area contributed by atoms with Crippen LogP contribution in [-0.2, 0) is 7.05 Å². The van der Waals surface area contributed by atoms with Crippen molar-refractivity contribution in [1.82, 2.24) is 9.55 Å². The molecule has 70 valence electrons. The predicted molar refractivity (Wildman–Crippen MR) is 50.0 cm³/mol. The smallest absolute Gasteiger partial charge is 0.183 e. The molecule has 0 unspecified atom stereocenters. The van der Waals surface area contributed by atoms with Gasteiger partial charge in [-0.2, -0.15) is 5.26 Å². The van der Waals surface area contributed by atoms with E-state index in [2.05, 4.69) is 4.98 Å². The Morgan fingerprint density at radius 1 is 1.64 bits per heavy atom. The van der Waals surface area contributed by atoms with Crippen LogP contribution in [0, 0.1) is 11.3 Å². The number of nitrogen functional groups attached to an aromatic ring is 1. The predicted octanol–water partition coefficient (Wildman–Crippen LogP) is 1.13. The van der Waals surface area contributed by atoms with Gasteiger partial charge in [0.05, 0.1) is 6.26 Å². The Bertz CT molecular complexity index is 490. The summed E-state index contributed by atoms with van der Waals surface area (Å²) in [6, 6.07) is 5.44. The number of hydrogen-bond acceptors (Lipinski definition) is 4. The van der Waals surface area contributed by atoms with E-state index in [9.17, 15) is 0 Å². The van der Waals surface area contributed by atoms with Crippen LogP contribution in [0.4, 0.5) is 5.82 Å². The molecule has 0 radical (unpaired) electrons. The Hall–Kier alpha value is -2.22. The van der Waals surface area contributed by atoms with E-state index in [0.29, 0.717) is 17.4 Å². The minimum Gasteiger partial charge on any atom is -0.461 e. The van der Waals surface area contributed by atoms with Crippen LogP contribution >= 0.6 is 0 Å². The maximum absolute atomic E-state index is 8.72. The van der Waals surface area contributed by atoms with E-state index in [4.69, 9.17) is 15.4 Å². The fourth-order valence-corrected chi connectivity index (χ4v) is 1.22. The first kappa shape index (κ1) is 8.38. The first-order valence-corrected chi connectivity index (χ1v) is 4.00. The molecule has 0 saturated heterocycles. The van der Waals surface area contributed by atoms with E-state index >= 15 is 0 Å². The Morgan fingerprint density at radius 2 is 2.43 bits per heavy atom. The molecule has 5 heteroatoms. The Balaban J connectivity index is 2.62. The zero-order valence-electron chi connectivity index (χ0n) is 7.56. The average Bonchev–Trinajstić information content (AvgIpc) is 2.78. The maximum atomic E-state index is 8.72. The molecule has 0 saturated carbocycles. The molecule has 0 aliphatic rings. The summed E-state index contributed by atoms with van der Waals surface area (Å²) in [5.74, 6) is 1.50. The number of rotatable bonds is 1. The van der Waals surface area contributed by atoms with Crippen molar-refractivity contribution in [2.75, 3.05) is 5.73 Å². The topological polar surface area (TPSA) is 80.8 Å². The zero-order valence-corrected chi connectivity index (χ0v) is 7.56. The largest absolute Gasteiger partial charge is 0.461 e. The van der Waals surface area contributed by atoms with Crippen LogP contribution in [0.3, 0.4) is 0 Å². The third kappa shape index (κ3) is 1.05. The number of aromatic nitrogens is 2. The first-order chi connectivity index (χ1) is 6.74. The number of furan rings is 1. The van der Waals surface area contributed by atoms with Gasteiger partial charge in [0.2, 0.25) is 0 Å². The molecule has 0 aromatic carbocycles. The third-order valence-corrected chi connectivity index (χ3v) is 1.99. The monoisotopic (exact) mass is 188 g/mol. The van der Waals surface area contributed by atoms with Gasteiger partial charge in [-0.3, -0.25) is 0 Å². The SMILES string of the molecule is Cn1c(-c2ccco2)nc(C#N)c1N. The van der Waals surface area contributed by atoms with E-state index in [1.165, 1.54) is 0 Å². The van der Waals surface area contributed by atoms with Gasteiger partial charge < -0.3 is 14.7 Å². The highest BCUT2D eigenvalue weighted by Crippen LogP contribution is 2.22. The summed E-state index contributed by atoms with van der Waals surface area (Å²) in [6.07, 6.45) is 1.55. The molecule has 2 rings (SSSR count). The van der Waals surface area contributed by atoms with Crippen molar-refractivity contribution >= 4 is 5.82 Å². The summed E-state index contributed by atoms with van der Waals surface area (Å²) < 4.78 is 6.79. The van der Waals surface area contributed by atoms with E-state index in [-0.39, 0.29) is 5.69 Å². The van der Waals surface area contributed by atoms with Crippen molar-refractivity contribution in [3.63, 3.8) is 0 Å². The number of nitrogens with zero attached hydrogens (tertiary/aromatic N) is 3. The Labute approximate surface area is 80.4 Å². The molecule has 0 atom stereocenters. The molecule has 0 spiro atoms. The summed E-state index contributed by atoms with van der Waals surface area (Å²) in [5, 5.41) is 8.72. The van der Waals surface area contributed by atoms with Gasteiger partial charge in [-0.15, -0.1) is 0 Å². The molecular formula is C9H8N4O. The third-order valence-electron chi connectivity index (χ3n) is 1.99. The standard InChI is InChI=1S/C9H8N4O/c1-13-8(11)6(5-10)12-9(13)7-3-2-4-14-7/h2-4H,11H2,1H3. The molecule has 2 heterocycles. The van der Waals surface area contributed by atoms with Crippen molar-refractivity contribution in [2.45, 2.75) is 0 Å². The molecule has 0 fully saturated rings. The van der Waals surface area contributed by atoms with Crippen LogP contribution in [0.1, 0.15) is 5.69 Å². The van der Waals surface area contributed by atoms with Crippen LogP contribution in [-0.4, -0.2) is 9.55 Å². The fraction of sp³-hybridized carbons (Fsp3) is 0.111. The van der Waals surface area contributed by atoms with Crippen molar-refractivity contribution in [1.29, 1.82) is 5.26 Å². The molecule has 2 aromatic heterocycles. The molecular weight excluding hydrogens is 180 g/mol. The summed E-state index contributed by atoms with van der Waals surface area (Å²) in [7, 11) is 1.74. The van der Waals surface area contributed by atoms with Crippen LogP contribution in [0.5, 0.6) is 0 Å². The first-order valence-electron chi connectivity index (χ1n) is 4.00. The molecule has 2 N–H and O–H groups in total. The number of anilines is 1. The lowest BCUT2D eigenvalue weighted by Crippen LogP contribution is -1.98. The van der Waals surface area contributed by atoms with Gasteiger partial charge in [-0.25, -0.2) is 4.98 Å². The second kappa shape index (κ2) is 2.92. The maximum Gasteiger partial charge on any atom is 0.183 e. The molecule has 0 bridgehead atoms. The highest BCUT2D eigenvalue weighted by molar-refractivity contribution is 5.57. The van der Waals surface area contributed by atoms with E-state index in [1.807, 2.05) is 6.07 Å². The number of hydrogen-bond donors (Lipinski definition) is 1. The van der Waals surface area contributed by atoms with Gasteiger partial charge in [-0.1, -0.05) is 0 Å². The highest BCUT2D eigenvalue weighted by atomic mass is 16.3. The van der Waals surface area contributed by atoms with Crippen LogP contribution in [0.2, 0.25) is 0 Å². The van der Waals surface area contributed by atoms with Crippen LogP contribution < -0.4 is 5.73 Å². The lowest BCUT2D eigenvalue weighted by molar-refractivity contribution is 0.574. The van der Waals surface area contributed by atoms with Gasteiger partial charge in [0.25, 0.3) is 0 Å². The van der Waals surface area contributed by atoms with Crippen molar-refractivity contribution in [3.05, 3.63) is 24.1 Å². The van der Waals surface area contributed by atoms with E-state index in [1.54, 1.807) is 30.0 Å². The molecule has 2 aromatic rings. The summed E-state index contributed by atoms with van der Waals surface area (Å²) in [4.78, 5) is 4.05. The second-order valence-corrected chi connectivity index (χ2v) is 2.82. The lowest BCUT2D eigenvalue weighted by atomic mass is 10.4. The van der Waals surface area contributed by atoms with Crippen LogP contribution in [0.15, 0.2) is 22.8 Å². The van der Waals surface area contributed by atoms with E-state index < -0.39 is 0 Å². The summed E-state index contributed by atoms with van der Waals surface area (Å²) in [6.45, 7) is 0. The van der Waals surface area contributed by atoms with Gasteiger partial charge in [0.15, 0.2) is 17.3 Å². The Kier molecular flexibility index (Phi) is 1.75. The number of nitrogens with two attached hydrogens (primary N) is 1. The van der Waals surface area contributed by atoms with E-state index in [0.717, 1.165) is 0 Å². The zero-order chi connectivity index (χ0) is 10.1. The van der Waals surface area contributed by atoms with Crippen molar-refractivity contribution in [2.24, 2.45) is 7.05 Å². The molecule has 5 nitrogen and oxygen atoms in total. The summed E-state index contributed by atoms with van der Waals surface area (Å²) >= 11 is 0. The van der Waals surface area contributed by atoms with Crippen molar-refractivity contribution < 1.29 is 4.42 Å². The second-order valence-electron chi connectivity index (χ2n) is 2.82. The fourth-order valence-electron chi connectivity index (χ4n) is 1.22. The highest BCUT2D eigenvalue weighted by Gasteiger charge is 2.14. The summed E-state index contributed by atoms with van der Waals surface area (Å²) in [5.41, 5.74) is 5.88. The lowest BCUT2D eigenvalue weighted by Gasteiger charge is -1.97. The van der Waals surface area contributed by atoms with Crippen LogP contribution in [0.25, 0.3) is 11.6 Å². The molecule has 0 aliphatic heterocycles.